The first-order valence-corrected chi connectivity index (χ1v) is 9.73. The van der Waals surface area contributed by atoms with Gasteiger partial charge in [0.25, 0.3) is 0 Å². The number of fused-ring (bicyclic) bond motifs is 1. The van der Waals surface area contributed by atoms with Crippen molar-refractivity contribution in [2.45, 2.75) is 25.7 Å². The van der Waals surface area contributed by atoms with E-state index in [-0.39, 0.29) is 5.91 Å². The largest absolute Gasteiger partial charge is 0.381 e. The van der Waals surface area contributed by atoms with Crippen LogP contribution in [0.2, 0.25) is 0 Å². The van der Waals surface area contributed by atoms with Crippen LogP contribution < -0.4 is 5.32 Å². The van der Waals surface area contributed by atoms with Gasteiger partial charge in [-0.3, -0.25) is 9.78 Å². The Kier molecular flexibility index (Phi) is 5.32. The van der Waals surface area contributed by atoms with Crippen molar-refractivity contribution >= 4 is 5.91 Å². The quantitative estimate of drug-likeness (QED) is 0.819. The van der Waals surface area contributed by atoms with E-state index >= 15 is 0 Å². The summed E-state index contributed by atoms with van der Waals surface area (Å²) >= 11 is 0. The van der Waals surface area contributed by atoms with Crippen LogP contribution in [-0.4, -0.2) is 55.2 Å². The molecule has 0 aromatic carbocycles. The Bertz CT molecular complexity index is 576. The van der Waals surface area contributed by atoms with E-state index in [4.69, 9.17) is 4.74 Å². The highest BCUT2D eigenvalue weighted by atomic mass is 16.5. The van der Waals surface area contributed by atoms with Crippen LogP contribution in [0.4, 0.5) is 0 Å². The molecule has 1 aromatic rings. The number of likely N-dealkylation sites (tertiary alicyclic amines) is 1. The molecule has 2 aliphatic heterocycles. The van der Waals surface area contributed by atoms with Crippen LogP contribution >= 0.6 is 0 Å². The zero-order valence-corrected chi connectivity index (χ0v) is 14.9. The summed E-state index contributed by atoms with van der Waals surface area (Å²) in [6, 6.07) is 4.00. The van der Waals surface area contributed by atoms with Gasteiger partial charge in [-0.15, -0.1) is 0 Å². The fourth-order valence-corrected chi connectivity index (χ4v) is 4.42. The maximum atomic E-state index is 12.4. The molecular weight excluding hydrogens is 314 g/mol. The molecule has 1 N–H and O–H groups in total. The second kappa shape index (κ2) is 7.83. The molecule has 3 aliphatic rings. The van der Waals surface area contributed by atoms with Gasteiger partial charge in [0.1, 0.15) is 0 Å². The minimum Gasteiger partial charge on any atom is -0.381 e. The fraction of sp³-hybridized carbons (Fsp3) is 0.700. The Morgan fingerprint density at radius 3 is 2.88 bits per heavy atom. The molecule has 5 heteroatoms. The van der Waals surface area contributed by atoms with Gasteiger partial charge in [0.15, 0.2) is 0 Å². The summed E-state index contributed by atoms with van der Waals surface area (Å²) in [7, 11) is 0. The summed E-state index contributed by atoms with van der Waals surface area (Å²) in [5.41, 5.74) is 1.21. The van der Waals surface area contributed by atoms with E-state index in [0.29, 0.717) is 30.7 Å². The number of pyridine rings is 1. The Balaban J connectivity index is 1.23. The smallest absolute Gasteiger partial charge is 0.220 e. The molecule has 0 radical (unpaired) electrons. The van der Waals surface area contributed by atoms with E-state index in [2.05, 4.69) is 15.2 Å². The number of hydrogen-bond acceptors (Lipinski definition) is 4. The molecule has 4 rings (SSSR count). The van der Waals surface area contributed by atoms with Crippen molar-refractivity contribution in [3.8, 4) is 0 Å². The maximum Gasteiger partial charge on any atom is 0.220 e. The Labute approximate surface area is 150 Å². The van der Waals surface area contributed by atoms with Crippen molar-refractivity contribution in [3.05, 3.63) is 30.1 Å². The molecule has 1 saturated carbocycles. The monoisotopic (exact) mass is 343 g/mol. The van der Waals surface area contributed by atoms with E-state index in [1.54, 1.807) is 12.4 Å². The molecule has 0 spiro atoms. The average molecular weight is 343 g/mol. The molecule has 3 heterocycles. The van der Waals surface area contributed by atoms with E-state index < -0.39 is 0 Å². The summed E-state index contributed by atoms with van der Waals surface area (Å²) in [6.07, 6.45) is 7.87. The molecule has 1 aliphatic carbocycles. The van der Waals surface area contributed by atoms with Gasteiger partial charge in [-0.25, -0.2) is 0 Å². The first-order chi connectivity index (χ1) is 12.3. The van der Waals surface area contributed by atoms with Gasteiger partial charge >= 0.3 is 0 Å². The number of aromatic nitrogens is 1. The standard InChI is InChI=1S/C20H29N3O2/c24-20(22-8-5-15-3-6-21-7-4-15)9-17-13-25-14-18-11-23(12-19(17)18)10-16-1-2-16/h3-4,6-7,16-19H,1-2,5,8-14H2,(H,22,24)/t17-,18-,19+/m1/s1. The lowest BCUT2D eigenvalue weighted by molar-refractivity contribution is -0.124. The van der Waals surface area contributed by atoms with Gasteiger partial charge < -0.3 is 15.0 Å². The topological polar surface area (TPSA) is 54.5 Å². The third-order valence-electron chi connectivity index (χ3n) is 5.98. The number of nitrogens with one attached hydrogen (secondary N) is 1. The zero-order valence-electron chi connectivity index (χ0n) is 14.9. The Morgan fingerprint density at radius 1 is 1.24 bits per heavy atom. The number of ether oxygens (including phenoxy) is 1. The minimum atomic E-state index is 0.170. The number of rotatable bonds is 7. The van der Waals surface area contributed by atoms with Crippen molar-refractivity contribution in [1.29, 1.82) is 0 Å². The van der Waals surface area contributed by atoms with Crippen LogP contribution in [0.3, 0.4) is 0 Å². The molecule has 5 nitrogen and oxygen atoms in total. The second-order valence-electron chi connectivity index (χ2n) is 8.04. The molecule has 0 unspecified atom stereocenters. The van der Waals surface area contributed by atoms with Crippen molar-refractivity contribution < 1.29 is 9.53 Å². The highest BCUT2D eigenvalue weighted by Crippen LogP contribution is 2.38. The fourth-order valence-electron chi connectivity index (χ4n) is 4.42. The molecule has 3 atom stereocenters. The van der Waals surface area contributed by atoms with Crippen LogP contribution in [0.5, 0.6) is 0 Å². The van der Waals surface area contributed by atoms with Crippen molar-refractivity contribution in [2.24, 2.45) is 23.7 Å². The third-order valence-corrected chi connectivity index (χ3v) is 5.98. The van der Waals surface area contributed by atoms with Gasteiger partial charge in [0.2, 0.25) is 5.91 Å². The average Bonchev–Trinajstić information content (AvgIpc) is 3.32. The predicted octanol–water partition coefficient (Wildman–Crippen LogP) is 1.73. The van der Waals surface area contributed by atoms with Gasteiger partial charge in [-0.1, -0.05) is 0 Å². The first kappa shape index (κ1) is 17.0. The number of hydrogen-bond donors (Lipinski definition) is 1. The number of amides is 1. The Hall–Kier alpha value is -1.46. The molecule has 136 valence electrons. The van der Waals surface area contributed by atoms with Crippen molar-refractivity contribution in [3.63, 3.8) is 0 Å². The second-order valence-corrected chi connectivity index (χ2v) is 8.04. The van der Waals surface area contributed by atoms with E-state index in [1.165, 1.54) is 38.0 Å². The summed E-state index contributed by atoms with van der Waals surface area (Å²) in [5, 5.41) is 3.08. The van der Waals surface area contributed by atoms with Crippen LogP contribution in [0.15, 0.2) is 24.5 Å². The van der Waals surface area contributed by atoms with Gasteiger partial charge in [0.05, 0.1) is 13.2 Å². The minimum absolute atomic E-state index is 0.170. The lowest BCUT2D eigenvalue weighted by atomic mass is 9.81. The van der Waals surface area contributed by atoms with Gasteiger partial charge in [0, 0.05) is 45.0 Å². The molecular formula is C20H29N3O2. The van der Waals surface area contributed by atoms with Crippen molar-refractivity contribution in [2.75, 3.05) is 39.4 Å². The van der Waals surface area contributed by atoms with Gasteiger partial charge in [-0.2, -0.15) is 0 Å². The zero-order chi connectivity index (χ0) is 17.1. The normalized spacial score (nSPS) is 29.4. The maximum absolute atomic E-state index is 12.4. The molecule has 0 bridgehead atoms. The van der Waals surface area contributed by atoms with E-state index in [0.717, 1.165) is 25.6 Å². The molecule has 3 fully saturated rings. The highest BCUT2D eigenvalue weighted by molar-refractivity contribution is 5.76. The first-order valence-electron chi connectivity index (χ1n) is 9.73. The summed E-state index contributed by atoms with van der Waals surface area (Å²) in [6.45, 7) is 5.92. The molecule has 25 heavy (non-hydrogen) atoms. The third kappa shape index (κ3) is 4.59. The highest BCUT2D eigenvalue weighted by Gasteiger charge is 2.42. The lowest BCUT2D eigenvalue weighted by Crippen LogP contribution is -2.38. The summed E-state index contributed by atoms with van der Waals surface area (Å²) in [5.74, 6) is 2.75. The van der Waals surface area contributed by atoms with Crippen LogP contribution in [0.1, 0.15) is 24.8 Å². The van der Waals surface area contributed by atoms with Crippen LogP contribution in [0, 0.1) is 23.7 Å². The SMILES string of the molecule is O=C(C[C@@H]1COC[C@H]2CN(CC3CC3)C[C@@H]12)NCCc1ccncc1. The number of nitrogens with zero attached hydrogens (tertiary/aromatic N) is 2. The van der Waals surface area contributed by atoms with E-state index in [9.17, 15) is 4.79 Å². The predicted molar refractivity (Wildman–Crippen MR) is 96.0 cm³/mol. The number of carbonyl (C=O) groups excluding carboxylic acids is 1. The molecule has 1 amide bonds. The Morgan fingerprint density at radius 2 is 2.08 bits per heavy atom. The summed E-state index contributed by atoms with van der Waals surface area (Å²) in [4.78, 5) is 19.0. The molecule has 2 saturated heterocycles. The molecule has 1 aromatic heterocycles. The van der Waals surface area contributed by atoms with Crippen molar-refractivity contribution in [1.82, 2.24) is 15.2 Å². The van der Waals surface area contributed by atoms with Crippen LogP contribution in [0.25, 0.3) is 0 Å². The lowest BCUT2D eigenvalue weighted by Gasteiger charge is -2.32. The number of carbonyl (C=O) groups is 1. The van der Waals surface area contributed by atoms with Gasteiger partial charge in [-0.05, 0) is 60.6 Å². The van der Waals surface area contributed by atoms with E-state index in [1.807, 2.05) is 12.1 Å². The summed E-state index contributed by atoms with van der Waals surface area (Å²) < 4.78 is 5.83. The van der Waals surface area contributed by atoms with Crippen LogP contribution in [-0.2, 0) is 16.0 Å².